The van der Waals surface area contributed by atoms with E-state index in [0.29, 0.717) is 0 Å². The van der Waals surface area contributed by atoms with E-state index in [0.717, 1.165) is 0 Å². The molecule has 1 unspecified atom stereocenters. The molecule has 6 N–H and O–H groups in total. The Bertz CT molecular complexity index is 338. The van der Waals surface area contributed by atoms with Gasteiger partial charge in [-0.3, -0.25) is 0 Å². The molecule has 0 aromatic rings. The fraction of sp³-hybridized carbons (Fsp3) is 0.889. The van der Waals surface area contributed by atoms with Gasteiger partial charge in [-0.05, 0) is 0 Å². The number of carboxylic acids is 1. The van der Waals surface area contributed by atoms with E-state index >= 15 is 0 Å². The third-order valence-electron chi connectivity index (χ3n) is 2.86. The van der Waals surface area contributed by atoms with Crippen LogP contribution in [0.15, 0.2) is 0 Å². The van der Waals surface area contributed by atoms with E-state index in [1.807, 2.05) is 0 Å². The summed E-state index contributed by atoms with van der Waals surface area (Å²) in [4.78, 5) is 10.6. The number of carbonyl (C=O) groups is 1. The molecule has 112 valence electrons. The molecular formula is C9H14F2O8. The summed E-state index contributed by atoms with van der Waals surface area (Å²) in [6, 6.07) is 0. The quantitative estimate of drug-likeness (QED) is 0.319. The number of aliphatic hydroxyl groups excluding tert-OH is 5. The minimum absolute atomic E-state index is 1.00. The summed E-state index contributed by atoms with van der Waals surface area (Å²) in [5, 5.41) is 54.3. The summed E-state index contributed by atoms with van der Waals surface area (Å²) < 4.78 is 31.3. The molecule has 1 heterocycles. The van der Waals surface area contributed by atoms with E-state index in [9.17, 15) is 28.9 Å². The highest BCUT2D eigenvalue weighted by atomic mass is 19.2. The summed E-state index contributed by atoms with van der Waals surface area (Å²) in [6.45, 7) is -1.00. The van der Waals surface area contributed by atoms with Gasteiger partial charge in [0.15, 0.2) is 6.17 Å². The Morgan fingerprint density at radius 1 is 1.32 bits per heavy atom. The summed E-state index contributed by atoms with van der Waals surface area (Å²) in [6.07, 6.45) is -13.9. The van der Waals surface area contributed by atoms with Crippen molar-refractivity contribution in [2.24, 2.45) is 0 Å². The van der Waals surface area contributed by atoms with Gasteiger partial charge < -0.3 is 35.4 Å². The van der Waals surface area contributed by atoms with Crippen molar-refractivity contribution in [1.29, 1.82) is 0 Å². The Morgan fingerprint density at radius 3 is 2.26 bits per heavy atom. The third kappa shape index (κ3) is 2.68. The van der Waals surface area contributed by atoms with Crippen molar-refractivity contribution in [3.63, 3.8) is 0 Å². The fourth-order valence-corrected chi connectivity index (χ4v) is 1.69. The standard InChI is InChI=1S/C9H14F2O8/c10-7-5(16)4(15)6(3(14)2(13)1-12)19-9(7,11)8(17)18/h2-7,12-16H,1H2,(H,17,18)/t2-,3-,4-,5-,6?,7-,9-/m1/s1. The maximum absolute atomic E-state index is 13.8. The van der Waals surface area contributed by atoms with E-state index < -0.39 is 55.1 Å². The number of halogens is 2. The summed E-state index contributed by atoms with van der Waals surface area (Å²) in [5.74, 6) is -6.39. The zero-order valence-corrected chi connectivity index (χ0v) is 9.43. The predicted octanol–water partition coefficient (Wildman–Crippen LogP) is -3.09. The van der Waals surface area contributed by atoms with Crippen LogP contribution < -0.4 is 0 Å². The van der Waals surface area contributed by atoms with Gasteiger partial charge in [-0.25, -0.2) is 9.18 Å². The predicted molar refractivity (Wildman–Crippen MR) is 52.4 cm³/mol. The summed E-state index contributed by atoms with van der Waals surface area (Å²) >= 11 is 0. The van der Waals surface area contributed by atoms with Crippen LogP contribution >= 0.6 is 0 Å². The van der Waals surface area contributed by atoms with Crippen LogP contribution in [0.4, 0.5) is 8.78 Å². The molecule has 1 rings (SSSR count). The Morgan fingerprint density at radius 2 is 1.84 bits per heavy atom. The Labute approximate surface area is 105 Å². The second-order valence-corrected chi connectivity index (χ2v) is 4.16. The lowest BCUT2D eigenvalue weighted by molar-refractivity contribution is -0.313. The maximum atomic E-state index is 13.8. The number of ether oxygens (including phenoxy) is 1. The van der Waals surface area contributed by atoms with Crippen molar-refractivity contribution in [3.8, 4) is 0 Å². The van der Waals surface area contributed by atoms with Gasteiger partial charge in [0, 0.05) is 0 Å². The van der Waals surface area contributed by atoms with Gasteiger partial charge >= 0.3 is 11.8 Å². The zero-order chi connectivity index (χ0) is 15.0. The van der Waals surface area contributed by atoms with E-state index in [2.05, 4.69) is 4.74 Å². The maximum Gasteiger partial charge on any atom is 0.372 e. The molecule has 0 bridgehead atoms. The largest absolute Gasteiger partial charge is 0.477 e. The van der Waals surface area contributed by atoms with Gasteiger partial charge in [-0.2, -0.15) is 4.39 Å². The molecule has 0 amide bonds. The Balaban J connectivity index is 3.04. The molecule has 0 aliphatic carbocycles. The first-order chi connectivity index (χ1) is 8.66. The lowest BCUT2D eigenvalue weighted by Gasteiger charge is -2.43. The molecule has 0 radical (unpaired) electrons. The average molecular weight is 288 g/mol. The summed E-state index contributed by atoms with van der Waals surface area (Å²) in [5.41, 5.74) is 0. The van der Waals surface area contributed by atoms with Gasteiger partial charge in [0.2, 0.25) is 0 Å². The molecule has 0 saturated carbocycles. The molecule has 1 saturated heterocycles. The van der Waals surface area contributed by atoms with E-state index in [1.54, 1.807) is 0 Å². The fourth-order valence-electron chi connectivity index (χ4n) is 1.69. The second-order valence-electron chi connectivity index (χ2n) is 4.16. The molecule has 1 aliphatic heterocycles. The molecule has 7 atom stereocenters. The van der Waals surface area contributed by atoms with Gasteiger partial charge in [-0.1, -0.05) is 0 Å². The Kier molecular flexibility index (Phi) is 4.76. The monoisotopic (exact) mass is 288 g/mol. The number of alkyl halides is 2. The first kappa shape index (κ1) is 16.1. The van der Waals surface area contributed by atoms with Gasteiger partial charge in [0.25, 0.3) is 0 Å². The van der Waals surface area contributed by atoms with E-state index in [-0.39, 0.29) is 0 Å². The topological polar surface area (TPSA) is 148 Å². The van der Waals surface area contributed by atoms with Crippen molar-refractivity contribution in [1.82, 2.24) is 0 Å². The van der Waals surface area contributed by atoms with E-state index in [4.69, 9.17) is 15.3 Å². The molecule has 0 aromatic heterocycles. The number of aliphatic carboxylic acids is 1. The minimum atomic E-state index is -3.99. The van der Waals surface area contributed by atoms with Crippen LogP contribution in [0.5, 0.6) is 0 Å². The SMILES string of the molecule is O=C(O)[C@]1(F)OC([C@H](O)[C@H](O)CO)[C@H](O)[C@@H](O)[C@H]1F. The highest BCUT2D eigenvalue weighted by Gasteiger charge is 2.62. The van der Waals surface area contributed by atoms with Crippen molar-refractivity contribution in [2.45, 2.75) is 42.5 Å². The Hall–Kier alpha value is -0.910. The van der Waals surface area contributed by atoms with Crippen LogP contribution in [-0.2, 0) is 9.53 Å². The van der Waals surface area contributed by atoms with Crippen LogP contribution in [0.1, 0.15) is 0 Å². The summed E-state index contributed by atoms with van der Waals surface area (Å²) in [7, 11) is 0. The second kappa shape index (κ2) is 5.61. The molecule has 1 fully saturated rings. The van der Waals surface area contributed by atoms with Gasteiger partial charge in [-0.15, -0.1) is 0 Å². The first-order valence-corrected chi connectivity index (χ1v) is 5.24. The van der Waals surface area contributed by atoms with Crippen molar-refractivity contribution < 1.29 is 49.0 Å². The number of carboxylic acid groups (broad SMARTS) is 1. The van der Waals surface area contributed by atoms with Gasteiger partial charge in [0.1, 0.15) is 30.5 Å². The minimum Gasteiger partial charge on any atom is -0.477 e. The van der Waals surface area contributed by atoms with Gasteiger partial charge in [0.05, 0.1) is 6.61 Å². The average Bonchev–Trinajstić information content (AvgIpc) is 2.38. The molecule has 1 aliphatic rings. The van der Waals surface area contributed by atoms with Crippen LogP contribution in [-0.4, -0.2) is 85.8 Å². The van der Waals surface area contributed by atoms with Crippen molar-refractivity contribution in [3.05, 3.63) is 0 Å². The molecule has 10 heteroatoms. The normalized spacial score (nSPS) is 42.7. The number of hydrogen-bond acceptors (Lipinski definition) is 7. The van der Waals surface area contributed by atoms with Crippen LogP contribution in [0.2, 0.25) is 0 Å². The zero-order valence-electron chi connectivity index (χ0n) is 9.43. The van der Waals surface area contributed by atoms with E-state index in [1.165, 1.54) is 0 Å². The molecule has 8 nitrogen and oxygen atoms in total. The molecule has 0 aromatic carbocycles. The first-order valence-electron chi connectivity index (χ1n) is 5.24. The molecular weight excluding hydrogens is 274 g/mol. The highest BCUT2D eigenvalue weighted by Crippen LogP contribution is 2.35. The number of hydrogen-bond donors (Lipinski definition) is 6. The van der Waals surface area contributed by atoms with Crippen molar-refractivity contribution >= 4 is 5.97 Å². The van der Waals surface area contributed by atoms with Crippen molar-refractivity contribution in [2.75, 3.05) is 6.61 Å². The van der Waals surface area contributed by atoms with Crippen LogP contribution in [0.3, 0.4) is 0 Å². The molecule has 0 spiro atoms. The number of aliphatic hydroxyl groups is 5. The lowest BCUT2D eigenvalue weighted by atomic mass is 9.90. The lowest BCUT2D eigenvalue weighted by Crippen LogP contribution is -2.67. The smallest absolute Gasteiger partial charge is 0.372 e. The highest BCUT2D eigenvalue weighted by molar-refractivity contribution is 5.76. The number of rotatable bonds is 4. The molecule has 19 heavy (non-hydrogen) atoms. The van der Waals surface area contributed by atoms with Crippen LogP contribution in [0, 0.1) is 0 Å². The third-order valence-corrected chi connectivity index (χ3v) is 2.86. The van der Waals surface area contributed by atoms with Crippen LogP contribution in [0.25, 0.3) is 0 Å².